The number of carbonyl (C=O) groups excluding carboxylic acids is 1. The fourth-order valence-corrected chi connectivity index (χ4v) is 3.33. The number of pyridine rings is 1. The van der Waals surface area contributed by atoms with Crippen molar-refractivity contribution >= 4 is 16.8 Å². The van der Waals surface area contributed by atoms with Crippen LogP contribution >= 0.6 is 0 Å². The predicted molar refractivity (Wildman–Crippen MR) is 98.0 cm³/mol. The lowest BCUT2D eigenvalue weighted by molar-refractivity contribution is 0.0916. The SMILES string of the molecule is COc1cccc2c1OCC(NC(=O)c1cc(=O)[nH]c3cc(F)ccc13)C2. The van der Waals surface area contributed by atoms with Gasteiger partial charge in [0.2, 0.25) is 5.56 Å². The second-order valence-electron chi connectivity index (χ2n) is 6.37. The van der Waals surface area contributed by atoms with Crippen molar-refractivity contribution in [3.8, 4) is 11.5 Å². The van der Waals surface area contributed by atoms with E-state index in [4.69, 9.17) is 9.47 Å². The molecule has 1 atom stereocenters. The number of aromatic nitrogens is 1. The van der Waals surface area contributed by atoms with Gasteiger partial charge < -0.3 is 19.8 Å². The smallest absolute Gasteiger partial charge is 0.252 e. The molecule has 1 aliphatic rings. The molecule has 1 aliphatic heterocycles. The first-order valence-corrected chi connectivity index (χ1v) is 8.47. The molecular weight excluding hydrogens is 351 g/mol. The summed E-state index contributed by atoms with van der Waals surface area (Å²) in [7, 11) is 1.58. The summed E-state index contributed by atoms with van der Waals surface area (Å²) >= 11 is 0. The number of H-pyrrole nitrogens is 1. The van der Waals surface area contributed by atoms with Gasteiger partial charge in [-0.2, -0.15) is 0 Å². The van der Waals surface area contributed by atoms with Gasteiger partial charge in [0.15, 0.2) is 11.5 Å². The lowest BCUT2D eigenvalue weighted by atomic mass is 10.0. The highest BCUT2D eigenvalue weighted by molar-refractivity contribution is 6.06. The van der Waals surface area contributed by atoms with Crippen LogP contribution in [-0.2, 0) is 6.42 Å². The normalized spacial score (nSPS) is 15.7. The Labute approximate surface area is 153 Å². The predicted octanol–water partition coefficient (Wildman–Crippen LogP) is 2.41. The summed E-state index contributed by atoms with van der Waals surface area (Å²) in [4.78, 5) is 27.2. The van der Waals surface area contributed by atoms with Crippen LogP contribution in [0.5, 0.6) is 11.5 Å². The van der Waals surface area contributed by atoms with E-state index in [1.807, 2.05) is 18.2 Å². The largest absolute Gasteiger partial charge is 0.493 e. The fourth-order valence-electron chi connectivity index (χ4n) is 3.33. The standard InChI is InChI=1S/C20H17FN2O4/c1-26-17-4-2-3-11-7-13(10-27-19(11)17)22-20(25)15-9-18(24)23-16-8-12(21)5-6-14(15)16/h2-6,8-9,13H,7,10H2,1H3,(H,22,25)(H,23,24). The van der Waals surface area contributed by atoms with Crippen LogP contribution in [0.3, 0.4) is 0 Å². The third kappa shape index (κ3) is 3.23. The summed E-state index contributed by atoms with van der Waals surface area (Å²) in [5, 5.41) is 3.38. The zero-order chi connectivity index (χ0) is 19.0. The molecule has 0 saturated heterocycles. The Morgan fingerprint density at radius 3 is 2.96 bits per heavy atom. The second kappa shape index (κ2) is 6.75. The lowest BCUT2D eigenvalue weighted by Crippen LogP contribution is -2.43. The van der Waals surface area contributed by atoms with Crippen molar-refractivity contribution in [2.24, 2.45) is 0 Å². The highest BCUT2D eigenvalue weighted by atomic mass is 19.1. The van der Waals surface area contributed by atoms with Gasteiger partial charge in [-0.15, -0.1) is 0 Å². The molecule has 1 amide bonds. The minimum atomic E-state index is -0.484. The molecule has 0 fully saturated rings. The number of benzene rings is 2. The molecule has 0 aliphatic carbocycles. The van der Waals surface area contributed by atoms with E-state index < -0.39 is 17.3 Å². The van der Waals surface area contributed by atoms with Gasteiger partial charge in [-0.3, -0.25) is 9.59 Å². The van der Waals surface area contributed by atoms with Crippen molar-refractivity contribution < 1.29 is 18.7 Å². The monoisotopic (exact) mass is 368 g/mol. The first-order valence-electron chi connectivity index (χ1n) is 8.47. The molecule has 138 valence electrons. The average Bonchev–Trinajstić information content (AvgIpc) is 2.66. The highest BCUT2D eigenvalue weighted by Crippen LogP contribution is 2.34. The maximum atomic E-state index is 13.4. The van der Waals surface area contributed by atoms with Crippen LogP contribution in [0, 0.1) is 5.82 Å². The third-order valence-corrected chi connectivity index (χ3v) is 4.56. The van der Waals surface area contributed by atoms with Gasteiger partial charge in [0.05, 0.1) is 24.2 Å². The minimum absolute atomic E-state index is 0.199. The van der Waals surface area contributed by atoms with Crippen molar-refractivity contribution in [1.82, 2.24) is 10.3 Å². The molecular formula is C20H17FN2O4. The van der Waals surface area contributed by atoms with Crippen LogP contribution in [0.15, 0.2) is 47.3 Å². The van der Waals surface area contributed by atoms with E-state index in [0.717, 1.165) is 5.56 Å². The van der Waals surface area contributed by atoms with Crippen molar-refractivity contribution in [1.29, 1.82) is 0 Å². The molecule has 2 heterocycles. The van der Waals surface area contributed by atoms with Crippen LogP contribution in [0.1, 0.15) is 15.9 Å². The number of carbonyl (C=O) groups is 1. The Balaban J connectivity index is 1.60. The third-order valence-electron chi connectivity index (χ3n) is 4.56. The molecule has 0 radical (unpaired) electrons. The Morgan fingerprint density at radius 1 is 1.30 bits per heavy atom. The van der Waals surface area contributed by atoms with Gasteiger partial charge in [-0.25, -0.2) is 4.39 Å². The Bertz CT molecular complexity index is 1090. The molecule has 27 heavy (non-hydrogen) atoms. The zero-order valence-corrected chi connectivity index (χ0v) is 14.5. The second-order valence-corrected chi connectivity index (χ2v) is 6.37. The van der Waals surface area contributed by atoms with E-state index in [-0.39, 0.29) is 23.7 Å². The van der Waals surface area contributed by atoms with Crippen molar-refractivity contribution in [2.45, 2.75) is 12.5 Å². The molecule has 7 heteroatoms. The Morgan fingerprint density at radius 2 is 2.15 bits per heavy atom. The average molecular weight is 368 g/mol. The van der Waals surface area contributed by atoms with Gasteiger partial charge in [-0.05, 0) is 30.7 Å². The van der Waals surface area contributed by atoms with Crippen molar-refractivity contribution in [2.75, 3.05) is 13.7 Å². The Kier molecular flexibility index (Phi) is 4.27. The molecule has 6 nitrogen and oxygen atoms in total. The van der Waals surface area contributed by atoms with Crippen molar-refractivity contribution in [3.63, 3.8) is 0 Å². The number of hydrogen-bond donors (Lipinski definition) is 2. The minimum Gasteiger partial charge on any atom is -0.493 e. The van der Waals surface area contributed by atoms with E-state index in [1.54, 1.807) is 7.11 Å². The number of rotatable bonds is 3. The topological polar surface area (TPSA) is 80.4 Å². The van der Waals surface area contributed by atoms with Crippen LogP contribution in [-0.4, -0.2) is 30.6 Å². The number of nitrogens with one attached hydrogen (secondary N) is 2. The van der Waals surface area contributed by atoms with E-state index in [2.05, 4.69) is 10.3 Å². The summed E-state index contributed by atoms with van der Waals surface area (Å²) in [6.07, 6.45) is 0.577. The van der Waals surface area contributed by atoms with Crippen LogP contribution in [0.2, 0.25) is 0 Å². The first-order chi connectivity index (χ1) is 13.0. The summed E-state index contributed by atoms with van der Waals surface area (Å²) in [5.41, 5.74) is 0.949. The number of amides is 1. The molecule has 0 saturated carbocycles. The summed E-state index contributed by atoms with van der Waals surface area (Å²) in [6.45, 7) is 0.287. The number of para-hydroxylation sites is 1. The number of methoxy groups -OCH3 is 1. The molecule has 0 spiro atoms. The lowest BCUT2D eigenvalue weighted by Gasteiger charge is -2.27. The van der Waals surface area contributed by atoms with E-state index in [0.29, 0.717) is 23.3 Å². The van der Waals surface area contributed by atoms with Gasteiger partial charge in [0.1, 0.15) is 12.4 Å². The van der Waals surface area contributed by atoms with E-state index >= 15 is 0 Å². The van der Waals surface area contributed by atoms with Gasteiger partial charge in [0.25, 0.3) is 5.91 Å². The van der Waals surface area contributed by atoms with E-state index in [9.17, 15) is 14.0 Å². The quantitative estimate of drug-likeness (QED) is 0.744. The molecule has 2 aromatic carbocycles. The number of aromatic amines is 1. The molecule has 4 rings (SSSR count). The van der Waals surface area contributed by atoms with Gasteiger partial charge in [0, 0.05) is 17.0 Å². The number of hydrogen-bond acceptors (Lipinski definition) is 4. The first kappa shape index (κ1) is 17.1. The maximum absolute atomic E-state index is 13.4. The molecule has 1 unspecified atom stereocenters. The fraction of sp³-hybridized carbons (Fsp3) is 0.200. The summed E-state index contributed by atoms with van der Waals surface area (Å²) in [5.74, 6) is 0.446. The number of fused-ring (bicyclic) bond motifs is 2. The van der Waals surface area contributed by atoms with Gasteiger partial charge in [-0.1, -0.05) is 12.1 Å². The molecule has 1 aromatic heterocycles. The Hall–Kier alpha value is -3.35. The van der Waals surface area contributed by atoms with Crippen molar-refractivity contribution in [3.05, 3.63) is 69.8 Å². The number of halogens is 1. The molecule has 2 N–H and O–H groups in total. The van der Waals surface area contributed by atoms with Crippen LogP contribution < -0.4 is 20.3 Å². The van der Waals surface area contributed by atoms with Gasteiger partial charge >= 0.3 is 0 Å². The van der Waals surface area contributed by atoms with Crippen LogP contribution in [0.4, 0.5) is 4.39 Å². The molecule has 0 bridgehead atoms. The highest BCUT2D eigenvalue weighted by Gasteiger charge is 2.25. The summed E-state index contributed by atoms with van der Waals surface area (Å²) in [6, 6.07) is 10.5. The maximum Gasteiger partial charge on any atom is 0.252 e. The summed E-state index contributed by atoms with van der Waals surface area (Å²) < 4.78 is 24.5. The van der Waals surface area contributed by atoms with E-state index in [1.165, 1.54) is 24.3 Å². The molecule has 3 aromatic rings. The zero-order valence-electron chi connectivity index (χ0n) is 14.5. The van der Waals surface area contributed by atoms with Crippen LogP contribution in [0.25, 0.3) is 10.9 Å². The number of ether oxygens (including phenoxy) is 2.